The first-order valence-corrected chi connectivity index (χ1v) is 7.73. The largest absolute Gasteiger partial charge is 0.487 e. The van der Waals surface area contributed by atoms with Crippen molar-refractivity contribution in [2.24, 2.45) is 7.05 Å². The summed E-state index contributed by atoms with van der Waals surface area (Å²) in [5.41, 5.74) is 1.65. The zero-order valence-electron chi connectivity index (χ0n) is 12.6. The molecule has 7 nitrogen and oxygen atoms in total. The summed E-state index contributed by atoms with van der Waals surface area (Å²) in [6.07, 6.45) is 7.55. The van der Waals surface area contributed by atoms with Gasteiger partial charge in [0.2, 0.25) is 0 Å². The lowest BCUT2D eigenvalue weighted by Gasteiger charge is -2.18. The van der Waals surface area contributed by atoms with E-state index in [2.05, 4.69) is 24.8 Å². The smallest absolute Gasteiger partial charge is 0.165 e. The molecule has 1 saturated heterocycles. The highest BCUT2D eigenvalue weighted by molar-refractivity contribution is 6.31. The predicted molar refractivity (Wildman–Crippen MR) is 86.8 cm³/mol. The van der Waals surface area contributed by atoms with Crippen molar-refractivity contribution in [2.45, 2.75) is 12.5 Å². The molecule has 1 atom stereocenters. The third-order valence-corrected chi connectivity index (χ3v) is 4.24. The molecule has 0 bridgehead atoms. The first-order valence-electron chi connectivity index (χ1n) is 7.35. The minimum Gasteiger partial charge on any atom is -0.487 e. The molecule has 1 aliphatic rings. The van der Waals surface area contributed by atoms with Gasteiger partial charge in [0.05, 0.1) is 12.9 Å². The summed E-state index contributed by atoms with van der Waals surface area (Å²) < 4.78 is 7.88. The minimum atomic E-state index is 0.0589. The Morgan fingerprint density at radius 1 is 1.30 bits per heavy atom. The van der Waals surface area contributed by atoms with Crippen molar-refractivity contribution in [1.82, 2.24) is 24.5 Å². The van der Waals surface area contributed by atoms with Crippen LogP contribution in [-0.2, 0) is 7.05 Å². The van der Waals surface area contributed by atoms with Crippen LogP contribution in [0.1, 0.15) is 6.42 Å². The maximum atomic E-state index is 6.10. The summed E-state index contributed by atoms with van der Waals surface area (Å²) in [5.74, 6) is 1.52. The van der Waals surface area contributed by atoms with Crippen molar-refractivity contribution in [3.05, 3.63) is 36.1 Å². The summed E-state index contributed by atoms with van der Waals surface area (Å²) >= 11 is 6.10. The van der Waals surface area contributed by atoms with Gasteiger partial charge in [0.15, 0.2) is 17.0 Å². The SMILES string of the molecule is Cn1cnc2c(N3CCC(Oc4ccncc4Cl)C3)ncnc21. The fourth-order valence-corrected chi connectivity index (χ4v) is 2.98. The maximum Gasteiger partial charge on any atom is 0.165 e. The first kappa shape index (κ1) is 14.2. The van der Waals surface area contributed by atoms with Crippen LogP contribution in [0.5, 0.6) is 5.75 Å². The number of pyridine rings is 1. The number of halogens is 1. The van der Waals surface area contributed by atoms with E-state index in [1.54, 1.807) is 31.1 Å². The molecular weight excluding hydrogens is 316 g/mol. The van der Waals surface area contributed by atoms with E-state index in [0.717, 1.165) is 36.5 Å². The number of rotatable bonds is 3. The van der Waals surface area contributed by atoms with Crippen LogP contribution in [0, 0.1) is 0 Å². The quantitative estimate of drug-likeness (QED) is 0.732. The summed E-state index contributed by atoms with van der Waals surface area (Å²) in [5, 5.41) is 0.528. The van der Waals surface area contributed by atoms with Crippen molar-refractivity contribution >= 4 is 28.6 Å². The van der Waals surface area contributed by atoms with Crippen molar-refractivity contribution in [3.63, 3.8) is 0 Å². The number of imidazole rings is 1. The molecule has 0 amide bonds. The van der Waals surface area contributed by atoms with Crippen LogP contribution >= 0.6 is 11.6 Å². The lowest BCUT2D eigenvalue weighted by molar-refractivity contribution is 0.225. The number of hydrogen-bond acceptors (Lipinski definition) is 6. The van der Waals surface area contributed by atoms with E-state index in [1.165, 1.54) is 0 Å². The second-order valence-electron chi connectivity index (χ2n) is 5.51. The van der Waals surface area contributed by atoms with Gasteiger partial charge in [-0.1, -0.05) is 11.6 Å². The molecule has 0 saturated carbocycles. The van der Waals surface area contributed by atoms with E-state index in [0.29, 0.717) is 10.8 Å². The van der Waals surface area contributed by atoms with Crippen LogP contribution in [0.15, 0.2) is 31.1 Å². The zero-order chi connectivity index (χ0) is 15.8. The number of fused-ring (bicyclic) bond motifs is 1. The standard InChI is InChI=1S/C15H15ClN6O/c1-21-9-20-13-14(21)18-8-19-15(13)22-5-3-10(7-22)23-12-2-4-17-6-11(12)16/h2,4,6,8-10H,3,5,7H2,1H3. The van der Waals surface area contributed by atoms with Gasteiger partial charge < -0.3 is 14.2 Å². The van der Waals surface area contributed by atoms with Crippen LogP contribution in [-0.4, -0.2) is 43.7 Å². The zero-order valence-corrected chi connectivity index (χ0v) is 13.3. The van der Waals surface area contributed by atoms with Gasteiger partial charge in [0.25, 0.3) is 0 Å². The molecule has 4 heterocycles. The molecule has 3 aromatic heterocycles. The van der Waals surface area contributed by atoms with Gasteiger partial charge >= 0.3 is 0 Å². The van der Waals surface area contributed by atoms with Gasteiger partial charge in [-0.2, -0.15) is 0 Å². The number of aromatic nitrogens is 5. The lowest BCUT2D eigenvalue weighted by Crippen LogP contribution is -2.25. The third-order valence-electron chi connectivity index (χ3n) is 3.95. The van der Waals surface area contributed by atoms with Gasteiger partial charge in [-0.3, -0.25) is 4.98 Å². The van der Waals surface area contributed by atoms with E-state index in [-0.39, 0.29) is 6.10 Å². The summed E-state index contributed by atoms with van der Waals surface area (Å²) in [6.45, 7) is 1.59. The van der Waals surface area contributed by atoms with Crippen LogP contribution in [0.4, 0.5) is 5.82 Å². The highest BCUT2D eigenvalue weighted by Crippen LogP contribution is 2.28. The molecule has 0 spiro atoms. The molecule has 8 heteroatoms. The van der Waals surface area contributed by atoms with Crippen molar-refractivity contribution in [1.29, 1.82) is 0 Å². The Balaban J connectivity index is 1.55. The Morgan fingerprint density at radius 3 is 3.09 bits per heavy atom. The second-order valence-corrected chi connectivity index (χ2v) is 5.91. The molecule has 0 aliphatic carbocycles. The molecule has 0 N–H and O–H groups in total. The Morgan fingerprint density at radius 2 is 2.22 bits per heavy atom. The first-order chi connectivity index (χ1) is 11.2. The number of hydrogen-bond donors (Lipinski definition) is 0. The van der Waals surface area contributed by atoms with Crippen LogP contribution in [0.3, 0.4) is 0 Å². The monoisotopic (exact) mass is 330 g/mol. The molecule has 1 unspecified atom stereocenters. The normalized spacial score (nSPS) is 17.8. The number of anilines is 1. The van der Waals surface area contributed by atoms with Crippen molar-refractivity contribution < 1.29 is 4.74 Å². The second kappa shape index (κ2) is 5.66. The van der Waals surface area contributed by atoms with Crippen molar-refractivity contribution in [3.8, 4) is 5.75 Å². The molecule has 3 aromatic rings. The van der Waals surface area contributed by atoms with Crippen molar-refractivity contribution in [2.75, 3.05) is 18.0 Å². The number of ether oxygens (including phenoxy) is 1. The molecule has 118 valence electrons. The Bertz CT molecular complexity index is 851. The molecule has 0 radical (unpaired) electrons. The highest BCUT2D eigenvalue weighted by Gasteiger charge is 2.27. The fraction of sp³-hybridized carbons (Fsp3) is 0.333. The predicted octanol–water partition coefficient (Wildman–Crippen LogP) is 2.07. The van der Waals surface area contributed by atoms with E-state index >= 15 is 0 Å². The summed E-state index contributed by atoms with van der Waals surface area (Å²) in [4.78, 5) is 19.2. The van der Waals surface area contributed by atoms with E-state index in [4.69, 9.17) is 16.3 Å². The molecule has 23 heavy (non-hydrogen) atoms. The molecular formula is C15H15ClN6O. The molecule has 1 fully saturated rings. The van der Waals surface area contributed by atoms with Crippen LogP contribution < -0.4 is 9.64 Å². The van der Waals surface area contributed by atoms with Gasteiger partial charge in [0, 0.05) is 38.5 Å². The minimum absolute atomic E-state index is 0.0589. The topological polar surface area (TPSA) is 69.0 Å². The van der Waals surface area contributed by atoms with E-state index in [1.807, 2.05) is 11.6 Å². The maximum absolute atomic E-state index is 6.10. The Labute approximate surface area is 137 Å². The van der Waals surface area contributed by atoms with Gasteiger partial charge in [-0.25, -0.2) is 15.0 Å². The summed E-state index contributed by atoms with van der Waals surface area (Å²) in [6, 6.07) is 1.78. The Kier molecular flexibility index (Phi) is 3.49. The number of aryl methyl sites for hydroxylation is 1. The van der Waals surface area contributed by atoms with Crippen LogP contribution in [0.25, 0.3) is 11.2 Å². The fourth-order valence-electron chi connectivity index (χ4n) is 2.82. The highest BCUT2D eigenvalue weighted by atomic mass is 35.5. The summed E-state index contributed by atoms with van der Waals surface area (Å²) in [7, 11) is 1.92. The molecule has 4 rings (SSSR count). The molecule has 1 aliphatic heterocycles. The average molecular weight is 331 g/mol. The third kappa shape index (κ3) is 2.57. The lowest BCUT2D eigenvalue weighted by atomic mass is 10.3. The number of nitrogens with zero attached hydrogens (tertiary/aromatic N) is 6. The van der Waals surface area contributed by atoms with Gasteiger partial charge in [-0.05, 0) is 0 Å². The van der Waals surface area contributed by atoms with Gasteiger partial charge in [-0.15, -0.1) is 0 Å². The average Bonchev–Trinajstić information content (AvgIpc) is 3.17. The van der Waals surface area contributed by atoms with E-state index < -0.39 is 0 Å². The van der Waals surface area contributed by atoms with Crippen LogP contribution in [0.2, 0.25) is 5.02 Å². The molecule has 0 aromatic carbocycles. The Hall–Kier alpha value is -2.41. The van der Waals surface area contributed by atoms with E-state index in [9.17, 15) is 0 Å². The van der Waals surface area contributed by atoms with Gasteiger partial charge in [0.1, 0.15) is 23.2 Å².